The van der Waals surface area contributed by atoms with Crippen LogP contribution in [-0.2, 0) is 4.74 Å². The maximum absolute atomic E-state index is 6.13. The summed E-state index contributed by atoms with van der Waals surface area (Å²) >= 11 is 0. The SMILES string of the molecule is CCCCCCC(CCCCCC)CN1CCC(OCC#CC(CCC)CCC)CC1. The monoisotopic (exact) mass is 433 g/mol. The predicted molar refractivity (Wildman–Crippen MR) is 138 cm³/mol. The van der Waals surface area contributed by atoms with Crippen molar-refractivity contribution in [2.75, 3.05) is 26.2 Å². The van der Waals surface area contributed by atoms with Crippen molar-refractivity contribution in [3.05, 3.63) is 0 Å². The molecule has 1 aliphatic rings. The molecule has 0 unspecified atom stereocenters. The van der Waals surface area contributed by atoms with Crippen molar-refractivity contribution in [1.29, 1.82) is 0 Å². The zero-order valence-electron chi connectivity index (χ0n) is 21.7. The van der Waals surface area contributed by atoms with Crippen molar-refractivity contribution in [2.24, 2.45) is 11.8 Å². The van der Waals surface area contributed by atoms with E-state index in [1.165, 1.54) is 122 Å². The molecular formula is C29H55NO. The summed E-state index contributed by atoms with van der Waals surface area (Å²) in [4.78, 5) is 2.73. The quantitative estimate of drug-likeness (QED) is 0.159. The summed E-state index contributed by atoms with van der Waals surface area (Å²) in [7, 11) is 0. The van der Waals surface area contributed by atoms with E-state index in [0.717, 1.165) is 5.92 Å². The molecule has 1 heterocycles. The normalized spacial score (nSPS) is 15.5. The Bertz CT molecular complexity index is 425. The summed E-state index contributed by atoms with van der Waals surface area (Å²) in [6.45, 7) is 13.5. The minimum Gasteiger partial charge on any atom is -0.365 e. The molecule has 0 amide bonds. The molecule has 1 saturated heterocycles. The Kier molecular flexibility index (Phi) is 18.5. The van der Waals surface area contributed by atoms with Gasteiger partial charge in [-0.1, -0.05) is 104 Å². The van der Waals surface area contributed by atoms with Gasteiger partial charge in [0.15, 0.2) is 0 Å². The first-order valence-corrected chi connectivity index (χ1v) is 14.1. The molecule has 2 nitrogen and oxygen atoms in total. The molecule has 0 saturated carbocycles. The van der Waals surface area contributed by atoms with Crippen LogP contribution >= 0.6 is 0 Å². The third kappa shape index (κ3) is 15.0. The molecule has 0 radical (unpaired) electrons. The summed E-state index contributed by atoms with van der Waals surface area (Å²) in [5, 5.41) is 0. The van der Waals surface area contributed by atoms with Crippen LogP contribution in [-0.4, -0.2) is 37.2 Å². The second-order valence-electron chi connectivity index (χ2n) is 9.97. The van der Waals surface area contributed by atoms with E-state index in [0.29, 0.717) is 18.6 Å². The lowest BCUT2D eigenvalue weighted by Gasteiger charge is -2.34. The van der Waals surface area contributed by atoms with Gasteiger partial charge in [0, 0.05) is 25.6 Å². The van der Waals surface area contributed by atoms with Crippen LogP contribution in [0.3, 0.4) is 0 Å². The third-order valence-electron chi connectivity index (χ3n) is 6.95. The highest BCUT2D eigenvalue weighted by molar-refractivity contribution is 5.04. The first kappa shape index (κ1) is 28.5. The first-order valence-electron chi connectivity index (χ1n) is 14.1. The summed E-state index contributed by atoms with van der Waals surface area (Å²) < 4.78 is 6.13. The van der Waals surface area contributed by atoms with Gasteiger partial charge in [-0.25, -0.2) is 0 Å². The van der Waals surface area contributed by atoms with Gasteiger partial charge in [-0.05, 0) is 44.4 Å². The highest BCUT2D eigenvalue weighted by Crippen LogP contribution is 2.22. The molecule has 0 aromatic carbocycles. The van der Waals surface area contributed by atoms with Crippen molar-refractivity contribution >= 4 is 0 Å². The summed E-state index contributed by atoms with van der Waals surface area (Å²) in [6, 6.07) is 0. The fraction of sp³-hybridized carbons (Fsp3) is 0.931. The molecule has 1 rings (SSSR count). The van der Waals surface area contributed by atoms with Gasteiger partial charge in [-0.2, -0.15) is 0 Å². The van der Waals surface area contributed by atoms with Crippen LogP contribution in [0.2, 0.25) is 0 Å². The predicted octanol–water partition coefficient (Wildman–Crippen LogP) is 8.24. The van der Waals surface area contributed by atoms with E-state index < -0.39 is 0 Å². The molecule has 2 heteroatoms. The smallest absolute Gasteiger partial charge is 0.108 e. The maximum Gasteiger partial charge on any atom is 0.108 e. The molecule has 0 spiro atoms. The Hall–Kier alpha value is -0.520. The number of piperidine rings is 1. The van der Waals surface area contributed by atoms with Crippen molar-refractivity contribution in [2.45, 2.75) is 137 Å². The van der Waals surface area contributed by atoms with Gasteiger partial charge >= 0.3 is 0 Å². The molecule has 0 atom stereocenters. The fourth-order valence-electron chi connectivity index (χ4n) is 5.00. The van der Waals surface area contributed by atoms with E-state index in [4.69, 9.17) is 4.74 Å². The van der Waals surface area contributed by atoms with Gasteiger partial charge in [-0.3, -0.25) is 0 Å². The number of hydrogen-bond acceptors (Lipinski definition) is 2. The second-order valence-corrected chi connectivity index (χ2v) is 9.97. The Morgan fingerprint density at radius 1 is 0.742 bits per heavy atom. The fourth-order valence-corrected chi connectivity index (χ4v) is 5.00. The van der Waals surface area contributed by atoms with Gasteiger partial charge in [0.2, 0.25) is 0 Å². The average Bonchev–Trinajstić information content (AvgIpc) is 2.78. The van der Waals surface area contributed by atoms with Crippen molar-refractivity contribution in [3.63, 3.8) is 0 Å². The Morgan fingerprint density at radius 3 is 1.84 bits per heavy atom. The van der Waals surface area contributed by atoms with Crippen LogP contribution in [0.4, 0.5) is 0 Å². The standard InChI is InChI=1S/C29H55NO/c1-5-9-11-13-18-28(19-14-12-10-6-2)26-30-23-21-29(22-24-30)31-25-15-20-27(16-7-3)17-8-4/h27-29H,5-14,16-19,21-26H2,1-4H3. The van der Waals surface area contributed by atoms with Crippen LogP contribution in [0.15, 0.2) is 0 Å². The number of hydrogen-bond donors (Lipinski definition) is 0. The number of ether oxygens (including phenoxy) is 1. The van der Waals surface area contributed by atoms with E-state index >= 15 is 0 Å². The maximum atomic E-state index is 6.13. The van der Waals surface area contributed by atoms with E-state index in [1.54, 1.807) is 0 Å². The minimum atomic E-state index is 0.425. The van der Waals surface area contributed by atoms with Crippen molar-refractivity contribution in [3.8, 4) is 11.8 Å². The van der Waals surface area contributed by atoms with Gasteiger partial charge in [-0.15, -0.1) is 0 Å². The van der Waals surface area contributed by atoms with E-state index in [1.807, 2.05) is 0 Å². The van der Waals surface area contributed by atoms with Gasteiger partial charge < -0.3 is 9.64 Å². The zero-order chi connectivity index (χ0) is 22.6. The lowest BCUT2D eigenvalue weighted by Crippen LogP contribution is -2.39. The Balaban J connectivity index is 2.30. The zero-order valence-corrected chi connectivity index (χ0v) is 21.7. The van der Waals surface area contributed by atoms with Crippen LogP contribution in [0.25, 0.3) is 0 Å². The lowest BCUT2D eigenvalue weighted by atomic mass is 9.93. The van der Waals surface area contributed by atoms with Crippen LogP contribution in [0.5, 0.6) is 0 Å². The van der Waals surface area contributed by atoms with Crippen LogP contribution in [0.1, 0.15) is 130 Å². The van der Waals surface area contributed by atoms with Crippen LogP contribution < -0.4 is 0 Å². The van der Waals surface area contributed by atoms with E-state index in [9.17, 15) is 0 Å². The van der Waals surface area contributed by atoms with Gasteiger partial charge in [0.05, 0.1) is 6.10 Å². The first-order chi connectivity index (χ1) is 15.2. The topological polar surface area (TPSA) is 12.5 Å². The Morgan fingerprint density at radius 2 is 1.32 bits per heavy atom. The molecular weight excluding hydrogens is 378 g/mol. The molecule has 0 bridgehead atoms. The van der Waals surface area contributed by atoms with Crippen molar-refractivity contribution in [1.82, 2.24) is 4.90 Å². The molecule has 182 valence electrons. The number of nitrogens with zero attached hydrogens (tertiary/aromatic N) is 1. The highest BCUT2D eigenvalue weighted by Gasteiger charge is 2.22. The van der Waals surface area contributed by atoms with Gasteiger partial charge in [0.1, 0.15) is 6.61 Å². The molecule has 1 aliphatic heterocycles. The molecule has 0 aliphatic carbocycles. The van der Waals surface area contributed by atoms with E-state index in [-0.39, 0.29) is 0 Å². The minimum absolute atomic E-state index is 0.425. The van der Waals surface area contributed by atoms with Crippen LogP contribution in [0, 0.1) is 23.7 Å². The highest BCUT2D eigenvalue weighted by atomic mass is 16.5. The molecule has 0 aromatic rings. The molecule has 1 fully saturated rings. The summed E-state index contributed by atoms with van der Waals surface area (Å²) in [5.74, 6) is 8.28. The van der Waals surface area contributed by atoms with E-state index in [2.05, 4.69) is 44.4 Å². The molecule has 31 heavy (non-hydrogen) atoms. The van der Waals surface area contributed by atoms with Crippen molar-refractivity contribution < 1.29 is 4.74 Å². The number of likely N-dealkylation sites (tertiary alicyclic amines) is 1. The largest absolute Gasteiger partial charge is 0.365 e. The summed E-state index contributed by atoms with van der Waals surface area (Å²) in [5.41, 5.74) is 0. The lowest BCUT2D eigenvalue weighted by molar-refractivity contribution is 0.0199. The number of unbranched alkanes of at least 4 members (excludes halogenated alkanes) is 6. The average molecular weight is 434 g/mol. The summed E-state index contributed by atoms with van der Waals surface area (Å²) in [6.07, 6.45) is 21.8. The van der Waals surface area contributed by atoms with Gasteiger partial charge in [0.25, 0.3) is 0 Å². The second kappa shape index (κ2) is 20.1. The Labute approximate surface area is 196 Å². The molecule has 0 N–H and O–H groups in total. The molecule has 0 aromatic heterocycles. The third-order valence-corrected chi connectivity index (χ3v) is 6.95. The number of rotatable bonds is 18.